The van der Waals surface area contributed by atoms with Crippen molar-refractivity contribution in [1.29, 1.82) is 0 Å². The minimum absolute atomic E-state index is 0.0345. The molecule has 0 aliphatic carbocycles. The summed E-state index contributed by atoms with van der Waals surface area (Å²) in [5, 5.41) is 0. The maximum atomic E-state index is 12.2. The molecule has 8 saturated heterocycles. The molecule has 8 aliphatic rings. The van der Waals surface area contributed by atoms with Crippen LogP contribution < -0.4 is 39.7 Å². The van der Waals surface area contributed by atoms with E-state index in [1.807, 2.05) is 11.5 Å². The minimum atomic E-state index is -0.458. The highest BCUT2D eigenvalue weighted by Gasteiger charge is 2.60. The van der Waals surface area contributed by atoms with Gasteiger partial charge in [0.25, 0.3) is 11.1 Å². The topological polar surface area (TPSA) is 349 Å². The van der Waals surface area contributed by atoms with Crippen LogP contribution in [0.2, 0.25) is 0 Å². The van der Waals surface area contributed by atoms with Gasteiger partial charge in [-0.1, -0.05) is 55.4 Å². The number of nitrogen functional groups attached to an aromatic ring is 3. The molecule has 0 saturated carbocycles. The molecular formula is C60H87N15O12. The highest BCUT2D eigenvalue weighted by molar-refractivity contribution is 5.81. The van der Waals surface area contributed by atoms with Crippen LogP contribution >= 0.6 is 0 Å². The van der Waals surface area contributed by atoms with Crippen molar-refractivity contribution in [3.8, 4) is 0 Å². The molecule has 8 N–H and O–H groups in total. The molecule has 16 atom stereocenters. The van der Waals surface area contributed by atoms with Crippen LogP contribution in [0.4, 0.5) is 17.6 Å². The van der Waals surface area contributed by atoms with Crippen molar-refractivity contribution >= 4 is 39.9 Å². The number of nitrogens with zero attached hydrogens (tertiary/aromatic N) is 10. The van der Waals surface area contributed by atoms with Gasteiger partial charge in [0, 0.05) is 99.3 Å². The fourth-order valence-electron chi connectivity index (χ4n) is 15.9. The van der Waals surface area contributed by atoms with Crippen molar-refractivity contribution in [3.05, 3.63) is 84.2 Å². The lowest BCUT2D eigenvalue weighted by Gasteiger charge is -2.37. The van der Waals surface area contributed by atoms with Gasteiger partial charge in [-0.3, -0.25) is 37.8 Å². The quantitative estimate of drug-likeness (QED) is 0.0929. The van der Waals surface area contributed by atoms with Gasteiger partial charge in [0.05, 0.1) is 35.1 Å². The summed E-state index contributed by atoms with van der Waals surface area (Å²) in [6, 6.07) is 0. The first-order valence-electron chi connectivity index (χ1n) is 31.3. The summed E-state index contributed by atoms with van der Waals surface area (Å²) in [5.41, 5.74) is 18.4. The Morgan fingerprint density at radius 2 is 0.897 bits per heavy atom. The lowest BCUT2D eigenvalue weighted by molar-refractivity contribution is -0.0921. The molecule has 87 heavy (non-hydrogen) atoms. The molecule has 4 unspecified atom stereocenters. The number of nitrogens with two attached hydrogens (primary N) is 3. The molecule has 8 aliphatic heterocycles. The second kappa shape index (κ2) is 24.5. The Morgan fingerprint density at radius 3 is 1.33 bits per heavy atom. The lowest BCUT2D eigenvalue weighted by atomic mass is 9.78. The first-order valence-corrected chi connectivity index (χ1v) is 31.3. The van der Waals surface area contributed by atoms with Crippen LogP contribution in [0.15, 0.2) is 50.6 Å². The monoisotopic (exact) mass is 1210 g/mol. The summed E-state index contributed by atoms with van der Waals surface area (Å²) in [6.07, 6.45) is 17.7. The van der Waals surface area contributed by atoms with E-state index in [4.69, 9.17) is 55.1 Å². The molecule has 8 fully saturated rings. The van der Waals surface area contributed by atoms with Crippen molar-refractivity contribution in [3.63, 3.8) is 0 Å². The number of hydrogen-bond donors (Lipinski definition) is 5. The van der Waals surface area contributed by atoms with E-state index in [9.17, 15) is 19.2 Å². The largest absolute Gasteiger partial charge is 0.383 e. The Balaban J connectivity index is 0.000000120. The highest BCUT2D eigenvalue weighted by atomic mass is 16.6. The Labute approximate surface area is 503 Å². The van der Waals surface area contributed by atoms with E-state index in [0.717, 1.165) is 89.2 Å². The van der Waals surface area contributed by atoms with E-state index >= 15 is 0 Å². The van der Waals surface area contributed by atoms with Crippen LogP contribution in [0.5, 0.6) is 0 Å². The van der Waals surface area contributed by atoms with Crippen LogP contribution in [0.3, 0.4) is 0 Å². The molecule has 0 radical (unpaired) electrons. The molecule has 14 heterocycles. The average molecular weight is 1210 g/mol. The van der Waals surface area contributed by atoms with E-state index in [0.29, 0.717) is 65.8 Å². The number of imidazole rings is 2. The van der Waals surface area contributed by atoms with Crippen molar-refractivity contribution in [2.75, 3.05) is 43.6 Å². The van der Waals surface area contributed by atoms with Crippen LogP contribution in [-0.2, 0) is 37.9 Å². The van der Waals surface area contributed by atoms with Gasteiger partial charge in [-0.05, 0) is 65.2 Å². The van der Waals surface area contributed by atoms with Crippen molar-refractivity contribution in [2.24, 2.45) is 23.7 Å². The molecule has 6 aromatic rings. The standard InChI is InChI=1S/C15H21N5O3.C15H21N5O2.C15H23N3O3.C15H22N2O4/c1-3-8-10-13(23-15(8,4-2)5-6-22-10)20-7-17-9-11(20)18-14(16)19-12(9)21;1-3-9-11-14(22-15(9,4-2)5-6-21-11)20-8-19-10-12(16)17-7-18-13(10)20;1-4-10-11-13(21-15(10,5-2)6-7-20-11)18-8-9(3)12(16)17-14(18)19;1-4-10-11-13(21-15(10,5-2)6-7-20-11)17-8-9(3)12(18)16-14(17)19/h7-8,10,13H,3-6H2,1-2H3,(H3,16,18,19,21);7-9,11,14H,3-6H2,1-2H3,(H2,16,17,18);8,10-11,13H,4-7H2,1-3H3,(H2,16,17,19);8,10-11,13H,4-7H2,1-3H3,(H,16,18,19)/t8-,10?,13-,15+;9-,11?,14-,15+;2*10-,11?,13-,15+/m1111/s1. The molecule has 0 spiro atoms. The summed E-state index contributed by atoms with van der Waals surface area (Å²) >= 11 is 0. The Morgan fingerprint density at radius 1 is 0.483 bits per heavy atom. The molecule has 14 rings (SSSR count). The van der Waals surface area contributed by atoms with Gasteiger partial charge < -0.3 is 55.1 Å². The molecule has 0 aromatic carbocycles. The number of hydrogen-bond acceptors (Lipinski definition) is 21. The number of fused-ring (bicyclic) bond motifs is 10. The van der Waals surface area contributed by atoms with Gasteiger partial charge in [-0.15, -0.1) is 0 Å². The molecule has 474 valence electrons. The summed E-state index contributed by atoms with van der Waals surface area (Å²) in [6.45, 7) is 23.5. The second-order valence-corrected chi connectivity index (χ2v) is 24.4. The summed E-state index contributed by atoms with van der Waals surface area (Å²) in [4.78, 5) is 77.6. The summed E-state index contributed by atoms with van der Waals surface area (Å²) < 4.78 is 56.3. The van der Waals surface area contributed by atoms with Crippen molar-refractivity contribution in [1.82, 2.24) is 58.1 Å². The highest BCUT2D eigenvalue weighted by Crippen LogP contribution is 2.55. The Kier molecular flexibility index (Phi) is 17.5. The molecule has 27 nitrogen and oxygen atoms in total. The van der Waals surface area contributed by atoms with E-state index in [2.05, 4.69) is 95.3 Å². The number of rotatable bonds is 12. The van der Waals surface area contributed by atoms with Crippen LogP contribution in [0.1, 0.15) is 168 Å². The first kappa shape index (κ1) is 62.2. The van der Waals surface area contributed by atoms with Gasteiger partial charge in [0.2, 0.25) is 5.95 Å². The van der Waals surface area contributed by atoms with Crippen LogP contribution in [-0.4, -0.2) is 131 Å². The normalized spacial score (nSPS) is 34.5. The van der Waals surface area contributed by atoms with Crippen LogP contribution in [0.25, 0.3) is 22.3 Å². The fourth-order valence-corrected chi connectivity index (χ4v) is 15.9. The zero-order chi connectivity index (χ0) is 61.9. The Bertz CT molecular complexity index is 3700. The Hall–Kier alpha value is -6.46. The number of anilines is 3. The maximum absolute atomic E-state index is 12.2. The van der Waals surface area contributed by atoms with Gasteiger partial charge in [0.15, 0.2) is 47.5 Å². The average Bonchev–Trinajstić information content (AvgIpc) is 1.86. The number of nitrogens with one attached hydrogen (secondary N) is 2. The SMILES string of the molecule is CC[C@@H]1C2OCC[C@]1(CC)O[C@H]2n1cc(C)c(=O)[nH]c1=O.CC[C@@H]1C2OCC[C@]1(CC)O[C@H]2n1cc(C)c(N)nc1=O.CC[C@@H]1C2OCC[C@]1(CC)O[C@H]2n1cnc2c(=O)[nH]c(N)nc21.CC[C@@H]1C2OCC[C@]1(CC)O[C@H]2n1cnc2c(N)ncnc21. The van der Waals surface area contributed by atoms with Crippen molar-refractivity contribution < 1.29 is 37.9 Å². The minimum Gasteiger partial charge on any atom is -0.383 e. The molecule has 6 aromatic heterocycles. The maximum Gasteiger partial charge on any atom is 0.351 e. The predicted octanol–water partition coefficient (Wildman–Crippen LogP) is 6.06. The van der Waals surface area contributed by atoms with E-state index in [1.165, 1.54) is 10.9 Å². The third-order valence-corrected chi connectivity index (χ3v) is 20.6. The number of H-pyrrole nitrogens is 2. The first-order chi connectivity index (χ1) is 41.8. The molecule has 0 amide bonds. The van der Waals surface area contributed by atoms with Gasteiger partial charge in [0.1, 0.15) is 42.1 Å². The van der Waals surface area contributed by atoms with E-state index in [-0.39, 0.29) is 99.3 Å². The van der Waals surface area contributed by atoms with E-state index in [1.54, 1.807) is 41.1 Å². The lowest BCUT2D eigenvalue weighted by Crippen LogP contribution is -2.44. The summed E-state index contributed by atoms with van der Waals surface area (Å²) in [7, 11) is 0. The smallest absolute Gasteiger partial charge is 0.351 e. The number of aromatic nitrogens is 12. The van der Waals surface area contributed by atoms with Crippen molar-refractivity contribution in [2.45, 2.75) is 218 Å². The third kappa shape index (κ3) is 10.5. The summed E-state index contributed by atoms with van der Waals surface area (Å²) in [5.74, 6) is 2.05. The zero-order valence-electron chi connectivity index (χ0n) is 51.7. The van der Waals surface area contributed by atoms with Gasteiger partial charge in [-0.25, -0.2) is 29.5 Å². The zero-order valence-corrected chi connectivity index (χ0v) is 51.7. The molecule has 27 heteroatoms. The van der Waals surface area contributed by atoms with Gasteiger partial charge >= 0.3 is 11.4 Å². The van der Waals surface area contributed by atoms with Gasteiger partial charge in [-0.2, -0.15) is 9.97 Å². The fraction of sp³-hybridized carbons (Fsp3) is 0.700. The number of aromatic amines is 2. The number of ether oxygens (including phenoxy) is 8. The third-order valence-electron chi connectivity index (χ3n) is 20.6. The second-order valence-electron chi connectivity index (χ2n) is 24.4. The number of aryl methyl sites for hydroxylation is 2. The predicted molar refractivity (Wildman–Crippen MR) is 321 cm³/mol. The van der Waals surface area contributed by atoms with E-state index < -0.39 is 18.1 Å². The van der Waals surface area contributed by atoms with Crippen LogP contribution in [0, 0.1) is 37.5 Å². The molecular weight excluding hydrogens is 1120 g/mol. The molecule has 8 bridgehead atoms.